The number of nitrogens with two attached hydrogens (primary N) is 1. The number of nitrogens with zero attached hydrogens (tertiary/aromatic N) is 3. The van der Waals surface area contributed by atoms with Crippen molar-refractivity contribution in [1.82, 2.24) is 14.3 Å². The highest BCUT2D eigenvalue weighted by Crippen LogP contribution is 2.15. The minimum absolute atomic E-state index is 0.130. The SMILES string of the molecule is Cc1c(C(N)=O)cccc1-n1ncc(=O)n(CCO)c1=O. The van der Waals surface area contributed by atoms with Crippen LogP contribution < -0.4 is 17.0 Å². The molecule has 0 unspecified atom stereocenters. The molecule has 0 bridgehead atoms. The number of aliphatic hydroxyl groups is 1. The monoisotopic (exact) mass is 290 g/mol. The summed E-state index contributed by atoms with van der Waals surface area (Å²) in [4.78, 5) is 35.2. The van der Waals surface area contributed by atoms with Gasteiger partial charge < -0.3 is 10.8 Å². The Morgan fingerprint density at radius 1 is 1.38 bits per heavy atom. The second-order valence-electron chi connectivity index (χ2n) is 4.37. The van der Waals surface area contributed by atoms with Gasteiger partial charge in [0.25, 0.3) is 5.56 Å². The van der Waals surface area contributed by atoms with Crippen molar-refractivity contribution in [1.29, 1.82) is 0 Å². The number of aromatic nitrogens is 3. The topological polar surface area (TPSA) is 120 Å². The Kier molecular flexibility index (Phi) is 3.99. The summed E-state index contributed by atoms with van der Waals surface area (Å²) in [7, 11) is 0. The number of rotatable bonds is 4. The van der Waals surface area contributed by atoms with Crippen LogP contribution in [0.3, 0.4) is 0 Å². The van der Waals surface area contributed by atoms with Crippen LogP contribution in [0.2, 0.25) is 0 Å². The number of amides is 1. The number of hydrogen-bond acceptors (Lipinski definition) is 5. The molecule has 0 atom stereocenters. The summed E-state index contributed by atoms with van der Waals surface area (Å²) in [6, 6.07) is 4.69. The van der Waals surface area contributed by atoms with Crippen molar-refractivity contribution in [3.05, 3.63) is 56.4 Å². The van der Waals surface area contributed by atoms with Crippen LogP contribution in [0.15, 0.2) is 34.0 Å². The molecule has 0 saturated heterocycles. The maximum Gasteiger partial charge on any atom is 0.352 e. The summed E-state index contributed by atoms with van der Waals surface area (Å²) >= 11 is 0. The lowest BCUT2D eigenvalue weighted by Gasteiger charge is -2.11. The molecule has 0 spiro atoms. The lowest BCUT2D eigenvalue weighted by molar-refractivity contribution is 0.0999. The standard InChI is InChI=1S/C13H14N4O4/c1-8-9(12(14)20)3-2-4-10(8)17-13(21)16(5-6-18)11(19)7-15-17/h2-4,7,18H,5-6H2,1H3,(H2,14,20). The van der Waals surface area contributed by atoms with E-state index in [9.17, 15) is 14.4 Å². The molecule has 0 fully saturated rings. The summed E-state index contributed by atoms with van der Waals surface area (Å²) in [5.41, 5.74) is 5.07. The zero-order valence-corrected chi connectivity index (χ0v) is 11.3. The molecule has 3 N–H and O–H groups in total. The number of hydrogen-bond donors (Lipinski definition) is 2. The molecule has 0 radical (unpaired) electrons. The second-order valence-corrected chi connectivity index (χ2v) is 4.37. The van der Waals surface area contributed by atoms with E-state index in [1.54, 1.807) is 19.1 Å². The molecule has 0 aliphatic rings. The summed E-state index contributed by atoms with van der Waals surface area (Å²) in [5.74, 6) is -0.619. The van der Waals surface area contributed by atoms with Gasteiger partial charge in [0, 0.05) is 5.56 Å². The van der Waals surface area contributed by atoms with Crippen molar-refractivity contribution in [2.45, 2.75) is 13.5 Å². The van der Waals surface area contributed by atoms with Crippen LogP contribution in [0.1, 0.15) is 15.9 Å². The molecule has 2 aromatic rings. The van der Waals surface area contributed by atoms with Gasteiger partial charge in [-0.05, 0) is 24.6 Å². The fraction of sp³-hybridized carbons (Fsp3) is 0.231. The van der Waals surface area contributed by atoms with Gasteiger partial charge in [0.05, 0.1) is 18.8 Å². The minimum atomic E-state index is -0.693. The Morgan fingerprint density at radius 3 is 2.71 bits per heavy atom. The van der Waals surface area contributed by atoms with Crippen LogP contribution in [-0.4, -0.2) is 32.0 Å². The Labute approximate surface area is 119 Å². The van der Waals surface area contributed by atoms with E-state index in [1.807, 2.05) is 0 Å². The van der Waals surface area contributed by atoms with Gasteiger partial charge in [-0.3, -0.25) is 14.2 Å². The maximum atomic E-state index is 12.2. The molecule has 2 rings (SSSR count). The minimum Gasteiger partial charge on any atom is -0.395 e. The Hall–Kier alpha value is -2.74. The first kappa shape index (κ1) is 14.7. The molecule has 0 saturated carbocycles. The van der Waals surface area contributed by atoms with Crippen LogP contribution in [-0.2, 0) is 6.54 Å². The summed E-state index contributed by atoms with van der Waals surface area (Å²) in [5, 5.41) is 12.7. The average molecular weight is 290 g/mol. The van der Waals surface area contributed by atoms with Crippen molar-refractivity contribution >= 4 is 5.91 Å². The van der Waals surface area contributed by atoms with Gasteiger partial charge in [-0.15, -0.1) is 0 Å². The third-order valence-corrected chi connectivity index (χ3v) is 3.08. The first-order valence-corrected chi connectivity index (χ1v) is 6.17. The lowest BCUT2D eigenvalue weighted by atomic mass is 10.1. The number of aliphatic hydroxyl groups excluding tert-OH is 1. The molecule has 8 nitrogen and oxygen atoms in total. The molecule has 21 heavy (non-hydrogen) atoms. The molecular weight excluding hydrogens is 276 g/mol. The molecule has 1 heterocycles. The van der Waals surface area contributed by atoms with Crippen molar-refractivity contribution in [2.24, 2.45) is 5.73 Å². The highest BCUT2D eigenvalue weighted by Gasteiger charge is 2.13. The third-order valence-electron chi connectivity index (χ3n) is 3.08. The van der Waals surface area contributed by atoms with Gasteiger partial charge in [-0.1, -0.05) is 6.07 Å². The highest BCUT2D eigenvalue weighted by molar-refractivity contribution is 5.95. The van der Waals surface area contributed by atoms with E-state index in [4.69, 9.17) is 10.8 Å². The van der Waals surface area contributed by atoms with Gasteiger partial charge >= 0.3 is 5.69 Å². The van der Waals surface area contributed by atoms with E-state index < -0.39 is 17.2 Å². The van der Waals surface area contributed by atoms with E-state index in [0.29, 0.717) is 11.3 Å². The van der Waals surface area contributed by atoms with Gasteiger partial charge in [0.2, 0.25) is 5.91 Å². The summed E-state index contributed by atoms with van der Waals surface area (Å²) in [6.07, 6.45) is 0.980. The molecule has 1 aromatic carbocycles. The van der Waals surface area contributed by atoms with E-state index in [-0.39, 0.29) is 18.7 Å². The van der Waals surface area contributed by atoms with Crippen molar-refractivity contribution in [2.75, 3.05) is 6.61 Å². The van der Waals surface area contributed by atoms with Gasteiger partial charge in [0.1, 0.15) is 6.20 Å². The summed E-state index contributed by atoms with van der Waals surface area (Å²) in [6.45, 7) is 1.15. The number of carbonyl (C=O) groups is 1. The molecule has 0 aliphatic heterocycles. The van der Waals surface area contributed by atoms with E-state index in [1.165, 1.54) is 6.07 Å². The fourth-order valence-corrected chi connectivity index (χ4v) is 2.03. The highest BCUT2D eigenvalue weighted by atomic mass is 16.3. The zero-order valence-electron chi connectivity index (χ0n) is 11.3. The lowest BCUT2D eigenvalue weighted by Crippen LogP contribution is -2.41. The molecule has 1 amide bonds. The molecule has 8 heteroatoms. The first-order valence-electron chi connectivity index (χ1n) is 6.17. The predicted octanol–water partition coefficient (Wildman–Crippen LogP) is -1.21. The smallest absolute Gasteiger partial charge is 0.352 e. The Bertz CT molecular complexity index is 807. The third kappa shape index (κ3) is 2.61. The van der Waals surface area contributed by atoms with Crippen LogP contribution in [0.25, 0.3) is 5.69 Å². The molecule has 110 valence electrons. The Morgan fingerprint density at radius 2 is 2.10 bits per heavy atom. The number of carbonyl (C=O) groups excluding carboxylic acids is 1. The quantitative estimate of drug-likeness (QED) is 0.732. The van der Waals surface area contributed by atoms with Crippen molar-refractivity contribution in [3.63, 3.8) is 0 Å². The van der Waals surface area contributed by atoms with Crippen LogP contribution >= 0.6 is 0 Å². The molecule has 0 aliphatic carbocycles. The fourth-order valence-electron chi connectivity index (χ4n) is 2.03. The second kappa shape index (κ2) is 5.71. The largest absolute Gasteiger partial charge is 0.395 e. The zero-order chi connectivity index (χ0) is 15.6. The van der Waals surface area contributed by atoms with E-state index in [2.05, 4.69) is 5.10 Å². The van der Waals surface area contributed by atoms with Crippen molar-refractivity contribution < 1.29 is 9.90 Å². The van der Waals surface area contributed by atoms with Crippen LogP contribution in [0, 0.1) is 6.92 Å². The van der Waals surface area contributed by atoms with E-state index >= 15 is 0 Å². The Balaban J connectivity index is 2.72. The molecule has 1 aromatic heterocycles. The van der Waals surface area contributed by atoms with Crippen LogP contribution in [0.5, 0.6) is 0 Å². The van der Waals surface area contributed by atoms with Crippen LogP contribution in [0.4, 0.5) is 0 Å². The molecular formula is C13H14N4O4. The number of benzene rings is 1. The van der Waals surface area contributed by atoms with Crippen molar-refractivity contribution in [3.8, 4) is 5.69 Å². The number of primary amides is 1. The first-order chi connectivity index (χ1) is 9.97. The van der Waals surface area contributed by atoms with Gasteiger partial charge in [-0.25, -0.2) is 4.79 Å². The normalized spacial score (nSPS) is 10.6. The maximum absolute atomic E-state index is 12.2. The predicted molar refractivity (Wildman–Crippen MR) is 74.4 cm³/mol. The van der Waals surface area contributed by atoms with Gasteiger partial charge in [0.15, 0.2) is 0 Å². The average Bonchev–Trinajstić information content (AvgIpc) is 2.44. The van der Waals surface area contributed by atoms with E-state index in [0.717, 1.165) is 15.4 Å². The van der Waals surface area contributed by atoms with Gasteiger partial charge in [-0.2, -0.15) is 9.78 Å². The summed E-state index contributed by atoms with van der Waals surface area (Å²) < 4.78 is 1.86.